The number of pyridine rings is 2. The molecule has 7 rings (SSSR count). The lowest BCUT2D eigenvalue weighted by Crippen LogP contribution is -2.26. The van der Waals surface area contributed by atoms with Crippen LogP contribution < -0.4 is 19.5 Å². The summed E-state index contributed by atoms with van der Waals surface area (Å²) in [6, 6.07) is 20.2. The molecule has 0 bridgehead atoms. The second-order valence-corrected chi connectivity index (χ2v) is 11.5. The Morgan fingerprint density at radius 3 is 2.33 bits per heavy atom. The maximum atomic E-state index is 14.4. The highest BCUT2D eigenvalue weighted by Crippen LogP contribution is 2.41. The number of hydrogen-bond acceptors (Lipinski definition) is 6. The highest BCUT2D eigenvalue weighted by atomic mass is 19.1. The molecule has 0 saturated carbocycles. The van der Waals surface area contributed by atoms with Crippen molar-refractivity contribution in [3.63, 3.8) is 0 Å². The van der Waals surface area contributed by atoms with Gasteiger partial charge in [0, 0.05) is 17.1 Å². The van der Waals surface area contributed by atoms with Crippen molar-refractivity contribution in [2.24, 2.45) is 0 Å². The van der Waals surface area contributed by atoms with Gasteiger partial charge in [0.15, 0.2) is 11.5 Å². The van der Waals surface area contributed by atoms with E-state index in [0.29, 0.717) is 57.3 Å². The van der Waals surface area contributed by atoms with Crippen LogP contribution in [0.1, 0.15) is 45.7 Å². The van der Waals surface area contributed by atoms with Gasteiger partial charge in [0.05, 0.1) is 56.0 Å². The third-order valence-corrected chi connectivity index (χ3v) is 8.64. The molecule has 0 fully saturated rings. The van der Waals surface area contributed by atoms with Crippen LogP contribution in [0.15, 0.2) is 79.0 Å². The lowest BCUT2D eigenvalue weighted by atomic mass is 9.85. The van der Waals surface area contributed by atoms with Crippen LogP contribution in [0, 0.1) is 11.6 Å². The minimum atomic E-state index is -0.446. The first kappa shape index (κ1) is 30.9. The number of allylic oxidation sites excluding steroid dienone is 1. The van der Waals surface area contributed by atoms with Crippen LogP contribution in [0.5, 0.6) is 17.2 Å². The van der Waals surface area contributed by atoms with Crippen LogP contribution in [0.3, 0.4) is 0 Å². The molecular weight excluding hydrogens is 614 g/mol. The molecule has 6 aromatic rings. The van der Waals surface area contributed by atoms with Crippen LogP contribution in [-0.4, -0.2) is 41.6 Å². The average Bonchev–Trinajstić information content (AvgIpc) is 3.46. The first-order valence-corrected chi connectivity index (χ1v) is 15.5. The molecule has 0 saturated heterocycles. The molecule has 1 amide bonds. The summed E-state index contributed by atoms with van der Waals surface area (Å²) in [6.45, 7) is 0.0513. The van der Waals surface area contributed by atoms with Gasteiger partial charge < -0.3 is 19.5 Å². The van der Waals surface area contributed by atoms with E-state index in [-0.39, 0.29) is 18.3 Å². The molecule has 3 aromatic carbocycles. The van der Waals surface area contributed by atoms with Gasteiger partial charge in [-0.2, -0.15) is 0 Å². The first-order valence-electron chi connectivity index (χ1n) is 15.5. The van der Waals surface area contributed by atoms with Crippen LogP contribution >= 0.6 is 0 Å². The molecule has 3 aromatic heterocycles. The average molecular weight is 647 g/mol. The summed E-state index contributed by atoms with van der Waals surface area (Å²) in [6.07, 6.45) is 5.65. The molecule has 48 heavy (non-hydrogen) atoms. The Hall–Kier alpha value is -5.77. The van der Waals surface area contributed by atoms with Gasteiger partial charge in [-0.15, -0.1) is 0 Å². The van der Waals surface area contributed by atoms with Gasteiger partial charge in [-0.1, -0.05) is 18.2 Å². The number of carbonyl (C=O) groups is 1. The number of hydrogen-bond donors (Lipinski definition) is 1. The zero-order valence-corrected chi connectivity index (χ0v) is 26.6. The molecule has 0 aliphatic heterocycles. The Morgan fingerprint density at radius 2 is 1.60 bits per heavy atom. The monoisotopic (exact) mass is 646 g/mol. The van der Waals surface area contributed by atoms with Crippen LogP contribution in [0.2, 0.25) is 0 Å². The number of para-hydroxylation sites is 1. The predicted molar refractivity (Wildman–Crippen MR) is 180 cm³/mol. The van der Waals surface area contributed by atoms with E-state index in [1.165, 1.54) is 24.4 Å². The SMILES string of the molecule is COc1cc(/C=C2/CCCc3c2nc2ccccc2c3C(=O)NCc2c(-c3ccc(F)cc3)nc3ccc(F)cn23)cc(OC)c1OC. The normalized spacial score (nSPS) is 13.5. The fourth-order valence-electron chi connectivity index (χ4n) is 6.45. The Morgan fingerprint density at radius 1 is 0.875 bits per heavy atom. The van der Waals surface area contributed by atoms with Gasteiger partial charge in [-0.05, 0) is 96.6 Å². The zero-order chi connectivity index (χ0) is 33.4. The largest absolute Gasteiger partial charge is 0.493 e. The van der Waals surface area contributed by atoms with Crippen molar-refractivity contribution >= 4 is 34.1 Å². The number of amides is 1. The summed E-state index contributed by atoms with van der Waals surface area (Å²) in [5.41, 5.74) is 6.96. The van der Waals surface area contributed by atoms with Gasteiger partial charge in [0.1, 0.15) is 17.3 Å². The number of methoxy groups -OCH3 is 3. The Balaban J connectivity index is 1.30. The van der Waals surface area contributed by atoms with E-state index in [1.54, 1.807) is 43.9 Å². The molecular formula is C38H32F2N4O4. The number of rotatable bonds is 8. The number of fused-ring (bicyclic) bond motifs is 3. The Labute approximate surface area is 275 Å². The van der Waals surface area contributed by atoms with E-state index < -0.39 is 5.82 Å². The molecule has 0 unspecified atom stereocenters. The van der Waals surface area contributed by atoms with Crippen molar-refractivity contribution in [3.8, 4) is 28.5 Å². The highest BCUT2D eigenvalue weighted by molar-refractivity contribution is 6.09. The van der Waals surface area contributed by atoms with Crippen molar-refractivity contribution in [2.75, 3.05) is 21.3 Å². The first-order chi connectivity index (χ1) is 23.4. The molecule has 0 spiro atoms. The molecule has 3 heterocycles. The summed E-state index contributed by atoms with van der Waals surface area (Å²) in [5, 5.41) is 3.84. The number of aromatic nitrogens is 3. The van der Waals surface area contributed by atoms with E-state index >= 15 is 0 Å². The molecule has 1 N–H and O–H groups in total. The number of benzene rings is 3. The number of ether oxygens (including phenoxy) is 3. The summed E-state index contributed by atoms with van der Waals surface area (Å²) in [4.78, 5) is 24.0. The molecule has 10 heteroatoms. The van der Waals surface area contributed by atoms with E-state index in [1.807, 2.05) is 42.5 Å². The number of carbonyl (C=O) groups excluding carboxylic acids is 1. The van der Waals surface area contributed by atoms with E-state index in [4.69, 9.17) is 19.2 Å². The van der Waals surface area contributed by atoms with Gasteiger partial charge in [0.25, 0.3) is 5.91 Å². The molecule has 1 aliphatic rings. The zero-order valence-electron chi connectivity index (χ0n) is 26.6. The molecule has 1 aliphatic carbocycles. The van der Waals surface area contributed by atoms with E-state index in [9.17, 15) is 13.6 Å². The van der Waals surface area contributed by atoms with Gasteiger partial charge in [0.2, 0.25) is 5.75 Å². The summed E-state index contributed by atoms with van der Waals surface area (Å²) in [5.74, 6) is 0.480. The van der Waals surface area contributed by atoms with Crippen molar-refractivity contribution in [2.45, 2.75) is 25.8 Å². The van der Waals surface area contributed by atoms with E-state index in [0.717, 1.165) is 40.6 Å². The van der Waals surface area contributed by atoms with Crippen molar-refractivity contribution in [1.29, 1.82) is 0 Å². The summed E-state index contributed by atoms with van der Waals surface area (Å²) >= 11 is 0. The van der Waals surface area contributed by atoms with E-state index in [2.05, 4.69) is 10.3 Å². The van der Waals surface area contributed by atoms with Gasteiger partial charge in [-0.3, -0.25) is 9.20 Å². The fraction of sp³-hybridized carbons (Fsp3) is 0.184. The van der Waals surface area contributed by atoms with Gasteiger partial charge in [-0.25, -0.2) is 18.7 Å². The smallest absolute Gasteiger partial charge is 0.252 e. The lowest BCUT2D eigenvalue weighted by Gasteiger charge is -2.23. The summed E-state index contributed by atoms with van der Waals surface area (Å²) < 4.78 is 46.4. The second-order valence-electron chi connectivity index (χ2n) is 11.5. The Kier molecular flexibility index (Phi) is 8.22. The standard InChI is InChI=1S/C38H32F2N4O4/c1-46-31-18-22(19-32(47-2)37(31)48-3)17-24-7-6-9-28-34(27-8-4-5-10-29(27)42-35(24)28)38(45)41-20-30-36(23-11-13-25(39)14-12-23)43-33-16-15-26(40)21-44(30)33/h4-5,8,10-19,21H,6-7,9,20H2,1-3H3,(H,41,45)/b24-17-. The minimum absolute atomic E-state index is 0.0513. The number of halogens is 2. The van der Waals surface area contributed by atoms with Crippen molar-refractivity contribution in [1.82, 2.24) is 19.7 Å². The molecule has 0 radical (unpaired) electrons. The third kappa shape index (κ3) is 5.59. The fourth-order valence-corrected chi connectivity index (χ4v) is 6.45. The van der Waals surface area contributed by atoms with Crippen molar-refractivity contribution in [3.05, 3.63) is 119 Å². The molecule has 8 nitrogen and oxygen atoms in total. The molecule has 0 atom stereocenters. The number of nitrogens with zero attached hydrogens (tertiary/aromatic N) is 3. The molecule has 242 valence electrons. The number of nitrogens with one attached hydrogen (secondary N) is 1. The quantitative estimate of drug-likeness (QED) is 0.183. The second kappa shape index (κ2) is 12.8. The predicted octanol–water partition coefficient (Wildman–Crippen LogP) is 7.66. The van der Waals surface area contributed by atoms with Crippen LogP contribution in [-0.2, 0) is 13.0 Å². The van der Waals surface area contributed by atoms with Crippen LogP contribution in [0.4, 0.5) is 8.78 Å². The highest BCUT2D eigenvalue weighted by Gasteiger charge is 2.26. The topological polar surface area (TPSA) is 87.0 Å². The maximum absolute atomic E-state index is 14.4. The number of imidazole rings is 1. The third-order valence-electron chi connectivity index (χ3n) is 8.64. The maximum Gasteiger partial charge on any atom is 0.252 e. The summed E-state index contributed by atoms with van der Waals surface area (Å²) in [7, 11) is 4.72. The lowest BCUT2D eigenvalue weighted by molar-refractivity contribution is 0.0951. The van der Waals surface area contributed by atoms with Crippen LogP contribution in [0.25, 0.3) is 39.5 Å². The Bertz CT molecular complexity index is 2200. The minimum Gasteiger partial charge on any atom is -0.493 e. The van der Waals surface area contributed by atoms with Gasteiger partial charge >= 0.3 is 0 Å². The van der Waals surface area contributed by atoms with Crippen molar-refractivity contribution < 1.29 is 27.8 Å².